The molecule has 1 aliphatic heterocycles. The number of benzene rings is 2. The molecule has 4 rings (SSSR count). The van der Waals surface area contributed by atoms with E-state index in [0.29, 0.717) is 24.2 Å². The van der Waals surface area contributed by atoms with Gasteiger partial charge in [0, 0.05) is 23.8 Å². The van der Waals surface area contributed by atoms with Crippen LogP contribution in [0.5, 0.6) is 0 Å². The van der Waals surface area contributed by atoms with Crippen molar-refractivity contribution in [2.45, 2.75) is 25.9 Å². The first-order valence-corrected chi connectivity index (χ1v) is 12.2. The van der Waals surface area contributed by atoms with E-state index in [9.17, 15) is 18.0 Å². The highest BCUT2D eigenvalue weighted by atomic mass is 32.2. The minimum absolute atomic E-state index is 0.0421. The van der Waals surface area contributed by atoms with Gasteiger partial charge in [-0.05, 0) is 48.7 Å². The van der Waals surface area contributed by atoms with Gasteiger partial charge in [0.1, 0.15) is 0 Å². The van der Waals surface area contributed by atoms with Crippen LogP contribution in [0.4, 0.5) is 5.69 Å². The number of carbonyl (C=O) groups excluding carboxylic acids is 2. The standard InChI is InChI=1S/C24H24N2O5S/c1-17-9-10-19(14-21(17)25-23(27)22-8-5-12-31-22)24(28)26(15-18-6-3-2-4-7-18)20-11-13-32(29,30)16-20/h2-10,12,14,20H,11,13,15-16H2,1H3,(H,25,27). The number of aryl methyl sites for hydroxylation is 1. The Labute approximate surface area is 187 Å². The van der Waals surface area contributed by atoms with Crippen LogP contribution in [0.15, 0.2) is 71.3 Å². The van der Waals surface area contributed by atoms with Crippen molar-refractivity contribution in [3.05, 3.63) is 89.4 Å². The van der Waals surface area contributed by atoms with E-state index < -0.39 is 21.8 Å². The number of nitrogens with one attached hydrogen (secondary N) is 1. The highest BCUT2D eigenvalue weighted by Crippen LogP contribution is 2.25. The van der Waals surface area contributed by atoms with E-state index in [4.69, 9.17) is 4.42 Å². The van der Waals surface area contributed by atoms with Crippen molar-refractivity contribution in [1.82, 2.24) is 4.90 Å². The van der Waals surface area contributed by atoms with E-state index >= 15 is 0 Å². The highest BCUT2D eigenvalue weighted by Gasteiger charge is 2.35. The minimum atomic E-state index is -3.17. The molecule has 3 aromatic rings. The minimum Gasteiger partial charge on any atom is -0.459 e. The topological polar surface area (TPSA) is 96.7 Å². The normalized spacial score (nSPS) is 17.1. The number of furan rings is 1. The van der Waals surface area contributed by atoms with E-state index in [0.717, 1.165) is 11.1 Å². The SMILES string of the molecule is Cc1ccc(C(=O)N(Cc2ccccc2)C2CCS(=O)(=O)C2)cc1NC(=O)c1ccco1. The average molecular weight is 453 g/mol. The second-order valence-corrected chi connectivity index (χ2v) is 10.2. The lowest BCUT2D eigenvalue weighted by Gasteiger charge is -2.29. The molecule has 0 spiro atoms. The zero-order valence-corrected chi connectivity index (χ0v) is 18.5. The first-order chi connectivity index (χ1) is 15.3. The van der Waals surface area contributed by atoms with Gasteiger partial charge in [0.2, 0.25) is 0 Å². The summed E-state index contributed by atoms with van der Waals surface area (Å²) in [5.74, 6) is -0.480. The Balaban J connectivity index is 1.62. The molecule has 2 amide bonds. The maximum absolute atomic E-state index is 13.5. The monoisotopic (exact) mass is 452 g/mol. The molecule has 0 aliphatic carbocycles. The van der Waals surface area contributed by atoms with Crippen molar-refractivity contribution < 1.29 is 22.4 Å². The van der Waals surface area contributed by atoms with Gasteiger partial charge in [-0.15, -0.1) is 0 Å². The fourth-order valence-electron chi connectivity index (χ4n) is 3.82. The summed E-state index contributed by atoms with van der Waals surface area (Å²) >= 11 is 0. The van der Waals surface area contributed by atoms with Crippen LogP contribution in [-0.4, -0.2) is 42.7 Å². The molecule has 8 heteroatoms. The van der Waals surface area contributed by atoms with E-state index in [2.05, 4.69) is 5.32 Å². The van der Waals surface area contributed by atoms with Crippen LogP contribution in [-0.2, 0) is 16.4 Å². The number of rotatable bonds is 6. The summed E-state index contributed by atoms with van der Waals surface area (Å²) in [5, 5.41) is 2.78. The number of hydrogen-bond donors (Lipinski definition) is 1. The Kier molecular flexibility index (Phi) is 6.14. The largest absolute Gasteiger partial charge is 0.459 e. The number of hydrogen-bond acceptors (Lipinski definition) is 5. The van der Waals surface area contributed by atoms with Gasteiger partial charge in [0.25, 0.3) is 11.8 Å². The lowest BCUT2D eigenvalue weighted by molar-refractivity contribution is 0.0680. The van der Waals surface area contributed by atoms with Crippen molar-refractivity contribution in [2.75, 3.05) is 16.8 Å². The smallest absolute Gasteiger partial charge is 0.291 e. The molecule has 7 nitrogen and oxygen atoms in total. The highest BCUT2D eigenvalue weighted by molar-refractivity contribution is 7.91. The Bertz CT molecular complexity index is 1220. The maximum atomic E-state index is 13.5. The van der Waals surface area contributed by atoms with Gasteiger partial charge < -0.3 is 14.6 Å². The van der Waals surface area contributed by atoms with E-state index in [1.54, 1.807) is 35.2 Å². The van der Waals surface area contributed by atoms with Crippen molar-refractivity contribution in [3.8, 4) is 0 Å². The molecule has 0 bridgehead atoms. The van der Waals surface area contributed by atoms with Crippen LogP contribution < -0.4 is 5.32 Å². The van der Waals surface area contributed by atoms with Gasteiger partial charge in [0.15, 0.2) is 15.6 Å². The van der Waals surface area contributed by atoms with Crippen LogP contribution in [0, 0.1) is 6.92 Å². The molecule has 0 radical (unpaired) electrons. The molecule has 1 unspecified atom stereocenters. The molecular weight excluding hydrogens is 428 g/mol. The summed E-state index contributed by atoms with van der Waals surface area (Å²) in [5.41, 5.74) is 2.59. The molecule has 1 N–H and O–H groups in total. The zero-order valence-electron chi connectivity index (χ0n) is 17.7. The lowest BCUT2D eigenvalue weighted by Crippen LogP contribution is -2.40. The van der Waals surface area contributed by atoms with Gasteiger partial charge >= 0.3 is 0 Å². The number of carbonyl (C=O) groups is 2. The molecule has 2 heterocycles. The lowest BCUT2D eigenvalue weighted by atomic mass is 10.1. The summed E-state index contributed by atoms with van der Waals surface area (Å²) in [6, 6.07) is 17.4. The Morgan fingerprint density at radius 3 is 2.53 bits per heavy atom. The molecule has 2 aromatic carbocycles. The molecular formula is C24H24N2O5S. The van der Waals surface area contributed by atoms with Crippen LogP contribution in [0.25, 0.3) is 0 Å². The predicted molar refractivity (Wildman–Crippen MR) is 121 cm³/mol. The van der Waals surface area contributed by atoms with Crippen molar-refractivity contribution in [3.63, 3.8) is 0 Å². The van der Waals surface area contributed by atoms with Gasteiger partial charge in [-0.3, -0.25) is 9.59 Å². The third-order valence-corrected chi connectivity index (χ3v) is 7.33. The molecule has 1 saturated heterocycles. The molecule has 1 aromatic heterocycles. The summed E-state index contributed by atoms with van der Waals surface area (Å²) < 4.78 is 29.3. The fraction of sp³-hybridized carbons (Fsp3) is 0.250. The van der Waals surface area contributed by atoms with Gasteiger partial charge in [-0.2, -0.15) is 0 Å². The van der Waals surface area contributed by atoms with Crippen LogP contribution in [0.2, 0.25) is 0 Å². The molecule has 32 heavy (non-hydrogen) atoms. The van der Waals surface area contributed by atoms with Gasteiger partial charge in [0.05, 0.1) is 17.8 Å². The third kappa shape index (κ3) is 4.91. The average Bonchev–Trinajstić information content (AvgIpc) is 3.43. The number of sulfone groups is 1. The first-order valence-electron chi connectivity index (χ1n) is 10.3. The Hall–Kier alpha value is -3.39. The van der Waals surface area contributed by atoms with Crippen molar-refractivity contribution >= 4 is 27.3 Å². The maximum Gasteiger partial charge on any atom is 0.291 e. The molecule has 1 atom stereocenters. The van der Waals surface area contributed by atoms with Gasteiger partial charge in [-0.1, -0.05) is 36.4 Å². The third-order valence-electron chi connectivity index (χ3n) is 5.58. The first kappa shape index (κ1) is 21.8. The number of nitrogens with zero attached hydrogens (tertiary/aromatic N) is 1. The van der Waals surface area contributed by atoms with E-state index in [1.807, 2.05) is 37.3 Å². The zero-order chi connectivity index (χ0) is 22.7. The van der Waals surface area contributed by atoms with Crippen LogP contribution >= 0.6 is 0 Å². The van der Waals surface area contributed by atoms with E-state index in [1.165, 1.54) is 6.26 Å². The van der Waals surface area contributed by atoms with E-state index in [-0.39, 0.29) is 23.2 Å². The molecule has 166 valence electrons. The van der Waals surface area contributed by atoms with Crippen molar-refractivity contribution in [2.24, 2.45) is 0 Å². The quantitative estimate of drug-likeness (QED) is 0.616. The van der Waals surface area contributed by atoms with Crippen LogP contribution in [0.3, 0.4) is 0 Å². The molecule has 1 fully saturated rings. The number of anilines is 1. The Morgan fingerprint density at radius 1 is 1.09 bits per heavy atom. The van der Waals surface area contributed by atoms with Gasteiger partial charge in [-0.25, -0.2) is 8.42 Å². The summed E-state index contributed by atoms with van der Waals surface area (Å²) in [7, 11) is -3.17. The molecule has 1 aliphatic rings. The van der Waals surface area contributed by atoms with Crippen molar-refractivity contribution in [1.29, 1.82) is 0 Å². The summed E-state index contributed by atoms with van der Waals surface area (Å²) in [6.07, 6.45) is 1.83. The predicted octanol–water partition coefficient (Wildman–Crippen LogP) is 3.67. The molecule has 0 saturated carbocycles. The number of amides is 2. The van der Waals surface area contributed by atoms with Crippen LogP contribution in [0.1, 0.15) is 38.5 Å². The summed E-state index contributed by atoms with van der Waals surface area (Å²) in [4.78, 5) is 27.6. The second kappa shape index (κ2) is 9.00. The second-order valence-electron chi connectivity index (χ2n) is 7.94. The summed E-state index contributed by atoms with van der Waals surface area (Å²) in [6.45, 7) is 2.14. The Morgan fingerprint density at radius 2 is 1.88 bits per heavy atom. The fourth-order valence-corrected chi connectivity index (χ4v) is 5.55.